The summed E-state index contributed by atoms with van der Waals surface area (Å²) in [5, 5.41) is 2.93. The van der Waals surface area contributed by atoms with E-state index >= 15 is 0 Å². The summed E-state index contributed by atoms with van der Waals surface area (Å²) in [7, 11) is 0. The number of ketones is 1. The Balaban J connectivity index is 1.55. The van der Waals surface area contributed by atoms with Gasteiger partial charge in [-0.25, -0.2) is 0 Å². The minimum Gasteiger partial charge on any atom is -0.352 e. The normalized spacial score (nSPS) is 10.5. The van der Waals surface area contributed by atoms with Crippen molar-refractivity contribution in [1.29, 1.82) is 0 Å². The molecule has 0 unspecified atom stereocenters. The van der Waals surface area contributed by atoms with Crippen molar-refractivity contribution in [3.63, 3.8) is 0 Å². The van der Waals surface area contributed by atoms with Crippen LogP contribution in [0.4, 0.5) is 0 Å². The molecule has 0 radical (unpaired) electrons. The number of Topliss-reactive ketones (excluding diaryl/α,β-unsaturated/α-hetero) is 1. The molecule has 0 saturated carbocycles. The molecule has 5 heteroatoms. The molecule has 0 heterocycles. The highest BCUT2D eigenvalue weighted by molar-refractivity contribution is 7.80. The second kappa shape index (κ2) is 11.1. The van der Waals surface area contributed by atoms with Crippen molar-refractivity contribution in [2.24, 2.45) is 0 Å². The Hall–Kier alpha value is -1.72. The Kier molecular flexibility index (Phi) is 8.78. The predicted octanol–water partition coefficient (Wildman–Crippen LogP) is 5.22. The van der Waals surface area contributed by atoms with Gasteiger partial charge in [-0.05, 0) is 31.0 Å². The summed E-state index contributed by atoms with van der Waals surface area (Å²) in [6.45, 7) is 0.660. The summed E-state index contributed by atoms with van der Waals surface area (Å²) < 4.78 is 0. The van der Waals surface area contributed by atoms with Crippen LogP contribution in [0.25, 0.3) is 0 Å². The first kappa shape index (κ1) is 20.6. The lowest BCUT2D eigenvalue weighted by atomic mass is 10.0. The summed E-state index contributed by atoms with van der Waals surface area (Å²) in [5.74, 6) is 0.0832. The Morgan fingerprint density at radius 2 is 1.27 bits per heavy atom. The van der Waals surface area contributed by atoms with Crippen LogP contribution in [0.3, 0.4) is 0 Å². The maximum absolute atomic E-state index is 12.1. The molecule has 2 aromatic carbocycles. The lowest BCUT2D eigenvalue weighted by Gasteiger charge is -2.07. The van der Waals surface area contributed by atoms with Crippen LogP contribution in [0.2, 0.25) is 0 Å². The molecule has 3 nitrogen and oxygen atoms in total. The van der Waals surface area contributed by atoms with Crippen molar-refractivity contribution in [2.45, 2.75) is 48.3 Å². The van der Waals surface area contributed by atoms with Crippen LogP contribution in [-0.2, 0) is 0 Å². The third-order valence-corrected chi connectivity index (χ3v) is 5.00. The van der Waals surface area contributed by atoms with E-state index in [9.17, 15) is 9.59 Å². The second-order valence-corrected chi connectivity index (χ2v) is 7.19. The molecule has 0 spiro atoms. The van der Waals surface area contributed by atoms with Gasteiger partial charge in [-0.3, -0.25) is 9.59 Å². The highest BCUT2D eigenvalue weighted by atomic mass is 32.1. The smallest absolute Gasteiger partial charge is 0.252 e. The van der Waals surface area contributed by atoms with Gasteiger partial charge in [0.2, 0.25) is 0 Å². The zero-order valence-electron chi connectivity index (χ0n) is 14.8. The summed E-state index contributed by atoms with van der Waals surface area (Å²) in [4.78, 5) is 25.6. The van der Waals surface area contributed by atoms with Crippen LogP contribution in [-0.4, -0.2) is 18.2 Å². The molecule has 0 aliphatic carbocycles. The predicted molar refractivity (Wildman–Crippen MR) is 112 cm³/mol. The van der Waals surface area contributed by atoms with Crippen LogP contribution in [0.15, 0.2) is 58.3 Å². The van der Waals surface area contributed by atoms with Gasteiger partial charge < -0.3 is 5.32 Å². The van der Waals surface area contributed by atoms with Crippen molar-refractivity contribution in [3.8, 4) is 0 Å². The topological polar surface area (TPSA) is 46.2 Å². The third-order valence-electron chi connectivity index (χ3n) is 4.22. The minimum atomic E-state index is -0.0772. The van der Waals surface area contributed by atoms with Gasteiger partial charge >= 0.3 is 0 Å². The van der Waals surface area contributed by atoms with Gasteiger partial charge in [-0.1, -0.05) is 49.6 Å². The van der Waals surface area contributed by atoms with Gasteiger partial charge in [0.25, 0.3) is 5.91 Å². The molecule has 2 rings (SSSR count). The Morgan fingerprint density at radius 1 is 0.731 bits per heavy atom. The zero-order valence-corrected chi connectivity index (χ0v) is 16.6. The average molecular weight is 388 g/mol. The van der Waals surface area contributed by atoms with Gasteiger partial charge in [0.15, 0.2) is 5.78 Å². The van der Waals surface area contributed by atoms with Crippen LogP contribution in [0, 0.1) is 0 Å². The minimum absolute atomic E-state index is 0.0772. The fourth-order valence-corrected chi connectivity index (χ4v) is 3.30. The van der Waals surface area contributed by atoms with E-state index in [2.05, 4.69) is 30.6 Å². The molecule has 1 amide bonds. The molecule has 0 atom stereocenters. The number of benzene rings is 2. The highest BCUT2D eigenvalue weighted by Gasteiger charge is 2.09. The van der Waals surface area contributed by atoms with E-state index in [1.54, 1.807) is 6.07 Å². The molecule has 2 aromatic rings. The monoisotopic (exact) mass is 387 g/mol. The van der Waals surface area contributed by atoms with Crippen LogP contribution in [0.1, 0.15) is 59.2 Å². The van der Waals surface area contributed by atoms with Crippen LogP contribution in [0.5, 0.6) is 0 Å². The summed E-state index contributed by atoms with van der Waals surface area (Å²) in [6, 6.07) is 14.7. The number of amides is 1. The second-order valence-electron chi connectivity index (χ2n) is 6.23. The number of thiol groups is 2. The lowest BCUT2D eigenvalue weighted by molar-refractivity contribution is 0.0947. The van der Waals surface area contributed by atoms with Crippen molar-refractivity contribution in [2.75, 3.05) is 6.54 Å². The third kappa shape index (κ3) is 6.54. The van der Waals surface area contributed by atoms with Crippen molar-refractivity contribution in [1.82, 2.24) is 5.32 Å². The van der Waals surface area contributed by atoms with E-state index in [-0.39, 0.29) is 11.7 Å². The molecule has 0 aliphatic heterocycles. The Labute approximate surface area is 166 Å². The molecule has 0 saturated heterocycles. The number of unbranched alkanes of at least 4 members (excludes halogenated alkanes) is 4. The number of rotatable bonds is 10. The van der Waals surface area contributed by atoms with E-state index in [4.69, 9.17) is 0 Å². The molecule has 0 aromatic heterocycles. The molecule has 0 bridgehead atoms. The van der Waals surface area contributed by atoms with E-state index in [0.29, 0.717) is 29.0 Å². The largest absolute Gasteiger partial charge is 0.352 e. The number of carbonyl (C=O) groups excluding carboxylic acids is 2. The molecular formula is C21H25NO2S2. The van der Waals surface area contributed by atoms with E-state index in [1.165, 1.54) is 0 Å². The Morgan fingerprint density at radius 3 is 1.92 bits per heavy atom. The number of hydrogen-bond donors (Lipinski definition) is 3. The summed E-state index contributed by atoms with van der Waals surface area (Å²) in [6.07, 6.45) is 5.52. The van der Waals surface area contributed by atoms with Gasteiger partial charge in [0.1, 0.15) is 0 Å². The van der Waals surface area contributed by atoms with Crippen LogP contribution >= 0.6 is 25.3 Å². The maximum atomic E-state index is 12.1. The molecule has 1 N–H and O–H groups in total. The summed E-state index contributed by atoms with van der Waals surface area (Å²) in [5.41, 5.74) is 1.32. The number of nitrogens with one attached hydrogen (secondary N) is 1. The fourth-order valence-electron chi connectivity index (χ4n) is 2.75. The number of carbonyl (C=O) groups is 2. The van der Waals surface area contributed by atoms with Gasteiger partial charge in [-0.15, -0.1) is 25.3 Å². The Bertz CT molecular complexity index is 683. The fraction of sp³-hybridized carbons (Fsp3) is 0.333. The first-order chi connectivity index (χ1) is 12.6. The SMILES string of the molecule is O=C(CCCCCCCNC(=O)c1ccccc1S)c1ccccc1S. The van der Waals surface area contributed by atoms with Gasteiger partial charge in [0, 0.05) is 28.3 Å². The van der Waals surface area contributed by atoms with E-state index in [1.807, 2.05) is 42.5 Å². The zero-order chi connectivity index (χ0) is 18.8. The first-order valence-electron chi connectivity index (χ1n) is 8.97. The molecular weight excluding hydrogens is 362 g/mol. The standard InChI is InChI=1S/C21H25NO2S2/c23-18(16-10-5-7-13-19(16)25)12-4-2-1-3-9-15-22-21(24)17-11-6-8-14-20(17)26/h5-8,10-11,13-14,25-26H,1-4,9,12,15H2,(H,22,24). The van der Waals surface area contributed by atoms with Crippen LogP contribution < -0.4 is 5.32 Å². The first-order valence-corrected chi connectivity index (χ1v) is 9.86. The van der Waals surface area contributed by atoms with Gasteiger partial charge in [0.05, 0.1) is 5.56 Å². The molecule has 0 fully saturated rings. The molecule has 0 aliphatic rings. The molecule has 138 valence electrons. The van der Waals surface area contributed by atoms with Crippen molar-refractivity contribution in [3.05, 3.63) is 59.7 Å². The van der Waals surface area contributed by atoms with E-state index in [0.717, 1.165) is 37.0 Å². The number of hydrogen-bond acceptors (Lipinski definition) is 4. The highest BCUT2D eigenvalue weighted by Crippen LogP contribution is 2.17. The lowest BCUT2D eigenvalue weighted by Crippen LogP contribution is -2.24. The van der Waals surface area contributed by atoms with Crippen molar-refractivity contribution >= 4 is 36.9 Å². The quantitative estimate of drug-likeness (QED) is 0.297. The van der Waals surface area contributed by atoms with Gasteiger partial charge in [-0.2, -0.15) is 0 Å². The molecule has 26 heavy (non-hydrogen) atoms. The van der Waals surface area contributed by atoms with E-state index < -0.39 is 0 Å². The summed E-state index contributed by atoms with van der Waals surface area (Å²) >= 11 is 8.62. The van der Waals surface area contributed by atoms with Crippen molar-refractivity contribution < 1.29 is 9.59 Å². The maximum Gasteiger partial charge on any atom is 0.252 e. The average Bonchev–Trinajstić information content (AvgIpc) is 2.64.